The van der Waals surface area contributed by atoms with Gasteiger partial charge in [-0.1, -0.05) is 66.4 Å². The third-order valence-corrected chi connectivity index (χ3v) is 10.5. The molecule has 3 aromatic carbocycles. The van der Waals surface area contributed by atoms with Crippen LogP contribution in [0.15, 0.2) is 94.9 Å². The summed E-state index contributed by atoms with van der Waals surface area (Å²) in [5, 5.41) is 4.85. The van der Waals surface area contributed by atoms with E-state index in [0.29, 0.717) is 45.7 Å². The Morgan fingerprint density at radius 2 is 1.74 bits per heavy atom. The van der Waals surface area contributed by atoms with Crippen molar-refractivity contribution in [3.8, 4) is 22.7 Å². The van der Waals surface area contributed by atoms with E-state index in [1.807, 2.05) is 66.9 Å². The van der Waals surface area contributed by atoms with Crippen molar-refractivity contribution in [1.29, 1.82) is 0 Å². The van der Waals surface area contributed by atoms with Gasteiger partial charge >= 0.3 is 0 Å². The number of amides is 1. The van der Waals surface area contributed by atoms with Crippen LogP contribution in [0.1, 0.15) is 24.0 Å². The summed E-state index contributed by atoms with van der Waals surface area (Å²) in [5.41, 5.74) is 3.66. The molecule has 0 radical (unpaired) electrons. The molecule has 3 heterocycles. The summed E-state index contributed by atoms with van der Waals surface area (Å²) in [6.07, 6.45) is 5.36. The lowest BCUT2D eigenvalue weighted by molar-refractivity contribution is -0.122. The van der Waals surface area contributed by atoms with Gasteiger partial charge in [-0.05, 0) is 60.9 Å². The van der Waals surface area contributed by atoms with Gasteiger partial charge in [-0.2, -0.15) is 9.40 Å². The molecule has 6 rings (SSSR count). The van der Waals surface area contributed by atoms with Crippen LogP contribution in [0.3, 0.4) is 0 Å². The molecule has 4 aromatic rings. The van der Waals surface area contributed by atoms with E-state index in [4.69, 9.17) is 22.1 Å². The average molecular weight is 617 g/mol. The minimum Gasteiger partial charge on any atom is -0.497 e. The van der Waals surface area contributed by atoms with Crippen LogP contribution in [-0.2, 0) is 21.4 Å². The third kappa shape index (κ3) is 5.65. The van der Waals surface area contributed by atoms with Crippen LogP contribution >= 0.6 is 24.0 Å². The van der Waals surface area contributed by atoms with Crippen molar-refractivity contribution >= 4 is 50.3 Å². The van der Waals surface area contributed by atoms with Crippen molar-refractivity contribution in [3.63, 3.8) is 0 Å². The highest BCUT2D eigenvalue weighted by molar-refractivity contribution is 8.26. The molecule has 42 heavy (non-hydrogen) atoms. The van der Waals surface area contributed by atoms with Gasteiger partial charge in [-0.3, -0.25) is 9.69 Å². The maximum absolute atomic E-state index is 13.5. The number of hydrogen-bond donors (Lipinski definition) is 0. The van der Waals surface area contributed by atoms with E-state index in [2.05, 4.69) is 0 Å². The molecule has 0 aliphatic carbocycles. The highest BCUT2D eigenvalue weighted by Gasteiger charge is 2.33. The molecule has 2 fully saturated rings. The summed E-state index contributed by atoms with van der Waals surface area (Å²) < 4.78 is 35.6. The number of thiocarbonyl (C=S) groups is 1. The van der Waals surface area contributed by atoms with E-state index in [9.17, 15) is 13.2 Å². The van der Waals surface area contributed by atoms with Gasteiger partial charge in [0.1, 0.15) is 15.8 Å². The minimum absolute atomic E-state index is 0.190. The molecule has 1 aromatic heterocycles. The maximum atomic E-state index is 13.5. The molecule has 0 atom stereocenters. The standard InChI is InChI=1S/C31H28N4O4S3/c1-39-26-14-12-22(13-15-26)20-34-30(36)28(41-31(34)40)19-24-21-35(25-9-3-2-4-10-25)32-29(24)23-8-7-11-27(18-23)42(37,38)33-16-5-6-17-33/h2-4,7-15,18-19,21H,5-6,16-17,20H2,1H3. The summed E-state index contributed by atoms with van der Waals surface area (Å²) in [5.74, 6) is 0.550. The van der Waals surface area contributed by atoms with E-state index in [-0.39, 0.29) is 10.8 Å². The molecule has 0 N–H and O–H groups in total. The second kappa shape index (κ2) is 11.8. The van der Waals surface area contributed by atoms with Crippen LogP contribution in [0.25, 0.3) is 23.0 Å². The molecule has 2 aliphatic heterocycles. The summed E-state index contributed by atoms with van der Waals surface area (Å²) >= 11 is 6.83. The molecule has 0 bridgehead atoms. The SMILES string of the molecule is COc1ccc(CN2C(=O)C(=Cc3cn(-c4ccccc4)nc3-c3cccc(S(=O)(=O)N4CCCC4)c3)SC2=S)cc1. The number of hydrogen-bond acceptors (Lipinski definition) is 7. The third-order valence-electron chi connectivity index (χ3n) is 7.23. The van der Waals surface area contributed by atoms with Crippen LogP contribution in [0.4, 0.5) is 0 Å². The van der Waals surface area contributed by atoms with E-state index >= 15 is 0 Å². The van der Waals surface area contributed by atoms with Crippen molar-refractivity contribution in [2.75, 3.05) is 20.2 Å². The molecule has 2 aliphatic rings. The summed E-state index contributed by atoms with van der Waals surface area (Å²) in [7, 11) is -2.00. The Labute approximate surface area is 254 Å². The Morgan fingerprint density at radius 1 is 1.00 bits per heavy atom. The van der Waals surface area contributed by atoms with Crippen molar-refractivity contribution < 1.29 is 17.9 Å². The minimum atomic E-state index is -3.61. The van der Waals surface area contributed by atoms with Crippen molar-refractivity contribution in [3.05, 3.63) is 101 Å². The van der Waals surface area contributed by atoms with E-state index in [1.54, 1.807) is 41.0 Å². The molecule has 11 heteroatoms. The molecule has 0 unspecified atom stereocenters. The lowest BCUT2D eigenvalue weighted by atomic mass is 10.1. The number of aromatic nitrogens is 2. The van der Waals surface area contributed by atoms with Crippen LogP contribution in [0.5, 0.6) is 5.75 Å². The van der Waals surface area contributed by atoms with E-state index in [0.717, 1.165) is 29.8 Å². The van der Waals surface area contributed by atoms with Gasteiger partial charge in [-0.25, -0.2) is 13.1 Å². The van der Waals surface area contributed by atoms with Gasteiger partial charge in [0.2, 0.25) is 10.0 Å². The number of sulfonamides is 1. The molecule has 214 valence electrons. The second-order valence-electron chi connectivity index (χ2n) is 9.97. The van der Waals surface area contributed by atoms with Crippen molar-refractivity contribution in [2.24, 2.45) is 0 Å². The molecular weight excluding hydrogens is 589 g/mol. The lowest BCUT2D eigenvalue weighted by Crippen LogP contribution is -2.27. The fourth-order valence-electron chi connectivity index (χ4n) is 5.00. The Kier molecular flexibility index (Phi) is 8.00. The Morgan fingerprint density at radius 3 is 2.45 bits per heavy atom. The molecular formula is C31H28N4O4S3. The first-order valence-electron chi connectivity index (χ1n) is 13.5. The van der Waals surface area contributed by atoms with E-state index in [1.165, 1.54) is 16.1 Å². The highest BCUT2D eigenvalue weighted by Crippen LogP contribution is 2.36. The topological polar surface area (TPSA) is 84.7 Å². The molecule has 1 amide bonds. The lowest BCUT2D eigenvalue weighted by Gasteiger charge is -2.16. The van der Waals surface area contributed by atoms with E-state index < -0.39 is 10.0 Å². The Balaban J connectivity index is 1.37. The molecule has 0 saturated carbocycles. The normalized spacial score (nSPS) is 17.0. The van der Waals surface area contributed by atoms with Crippen LogP contribution < -0.4 is 4.74 Å². The van der Waals surface area contributed by atoms with Gasteiger partial charge in [0.15, 0.2) is 0 Å². The Bertz CT molecular complexity index is 1780. The number of rotatable bonds is 8. The zero-order valence-electron chi connectivity index (χ0n) is 22.8. The summed E-state index contributed by atoms with van der Waals surface area (Å²) in [4.78, 5) is 15.8. The number of thioether (sulfide) groups is 1. The van der Waals surface area contributed by atoms with Gasteiger partial charge in [0, 0.05) is 30.4 Å². The molecule has 0 spiro atoms. The number of nitrogens with zero attached hydrogens (tertiary/aromatic N) is 4. The number of para-hydroxylation sites is 1. The first-order chi connectivity index (χ1) is 20.3. The largest absolute Gasteiger partial charge is 0.497 e. The number of carbonyl (C=O) groups excluding carboxylic acids is 1. The second-order valence-corrected chi connectivity index (χ2v) is 13.6. The summed E-state index contributed by atoms with van der Waals surface area (Å²) in [6, 6.07) is 24.0. The van der Waals surface area contributed by atoms with Gasteiger partial charge < -0.3 is 4.74 Å². The van der Waals surface area contributed by atoms with Crippen LogP contribution in [0.2, 0.25) is 0 Å². The first kappa shape index (κ1) is 28.4. The number of carbonyl (C=O) groups is 1. The molecule has 2 saturated heterocycles. The van der Waals surface area contributed by atoms with Gasteiger partial charge in [-0.15, -0.1) is 0 Å². The number of ether oxygens (including phenoxy) is 1. The zero-order chi connectivity index (χ0) is 29.3. The van der Waals surface area contributed by atoms with Crippen molar-refractivity contribution in [2.45, 2.75) is 24.3 Å². The number of methoxy groups -OCH3 is 1. The maximum Gasteiger partial charge on any atom is 0.266 e. The molecule has 8 nitrogen and oxygen atoms in total. The van der Waals surface area contributed by atoms with Crippen LogP contribution in [0, 0.1) is 0 Å². The van der Waals surface area contributed by atoms with Gasteiger partial charge in [0.25, 0.3) is 5.91 Å². The predicted molar refractivity (Wildman–Crippen MR) is 169 cm³/mol. The fourth-order valence-corrected chi connectivity index (χ4v) is 7.81. The number of benzene rings is 3. The first-order valence-corrected chi connectivity index (χ1v) is 16.1. The monoisotopic (exact) mass is 616 g/mol. The van der Waals surface area contributed by atoms with Crippen molar-refractivity contribution in [1.82, 2.24) is 19.0 Å². The van der Waals surface area contributed by atoms with Gasteiger partial charge in [0.05, 0.1) is 29.1 Å². The smallest absolute Gasteiger partial charge is 0.266 e. The fraction of sp³-hybridized carbons (Fsp3) is 0.194. The van der Waals surface area contributed by atoms with Crippen LogP contribution in [-0.4, -0.2) is 57.8 Å². The predicted octanol–water partition coefficient (Wildman–Crippen LogP) is 5.73. The highest BCUT2D eigenvalue weighted by atomic mass is 32.2. The Hall–Kier alpha value is -3.77. The zero-order valence-corrected chi connectivity index (χ0v) is 25.3. The summed E-state index contributed by atoms with van der Waals surface area (Å²) in [6.45, 7) is 1.40. The average Bonchev–Trinajstić information content (AvgIpc) is 3.76. The quantitative estimate of drug-likeness (QED) is 0.185.